The summed E-state index contributed by atoms with van der Waals surface area (Å²) in [7, 11) is 0. The highest BCUT2D eigenvalue weighted by Gasteiger charge is 2.18. The van der Waals surface area contributed by atoms with Crippen LogP contribution in [0.3, 0.4) is 0 Å². The van der Waals surface area contributed by atoms with Crippen molar-refractivity contribution in [2.45, 2.75) is 25.3 Å². The molecular formula is C14H14Cl2N2S. The van der Waals surface area contributed by atoms with Crippen molar-refractivity contribution in [1.82, 2.24) is 10.3 Å². The van der Waals surface area contributed by atoms with E-state index in [4.69, 9.17) is 28.2 Å². The van der Waals surface area contributed by atoms with Gasteiger partial charge in [-0.15, -0.1) is 11.3 Å². The summed E-state index contributed by atoms with van der Waals surface area (Å²) >= 11 is 13.7. The standard InChI is InChI=1S/C14H14Cl2N2S/c15-10-4-3-9(6-11(10)16)7-14-18-13(8-19-14)12-2-1-5-17-12/h3-4,6,8,12,17H,1-2,5,7H2. The average Bonchev–Trinajstić information content (AvgIpc) is 3.04. The number of rotatable bonds is 3. The highest BCUT2D eigenvalue weighted by molar-refractivity contribution is 7.09. The van der Waals surface area contributed by atoms with Crippen molar-refractivity contribution in [2.75, 3.05) is 6.54 Å². The van der Waals surface area contributed by atoms with Crippen LogP contribution < -0.4 is 5.32 Å². The minimum Gasteiger partial charge on any atom is -0.309 e. The van der Waals surface area contributed by atoms with Gasteiger partial charge in [-0.1, -0.05) is 29.3 Å². The van der Waals surface area contributed by atoms with Crippen LogP contribution >= 0.6 is 34.5 Å². The second-order valence-corrected chi connectivity index (χ2v) is 6.50. The Labute approximate surface area is 126 Å². The van der Waals surface area contributed by atoms with E-state index in [0.717, 1.165) is 23.5 Å². The van der Waals surface area contributed by atoms with Crippen LogP contribution in [-0.2, 0) is 6.42 Å². The molecule has 1 N–H and O–H groups in total. The van der Waals surface area contributed by atoms with E-state index in [-0.39, 0.29) is 0 Å². The van der Waals surface area contributed by atoms with Gasteiger partial charge in [-0.05, 0) is 37.1 Å². The van der Waals surface area contributed by atoms with Crippen LogP contribution in [0.2, 0.25) is 10.0 Å². The first kappa shape index (κ1) is 13.4. The van der Waals surface area contributed by atoms with Crippen molar-refractivity contribution in [3.63, 3.8) is 0 Å². The van der Waals surface area contributed by atoms with Crippen molar-refractivity contribution in [2.24, 2.45) is 0 Å². The fourth-order valence-corrected chi connectivity index (χ4v) is 3.53. The molecule has 1 fully saturated rings. The van der Waals surface area contributed by atoms with Crippen molar-refractivity contribution in [3.8, 4) is 0 Å². The molecule has 1 aromatic heterocycles. The summed E-state index contributed by atoms with van der Waals surface area (Å²) in [6, 6.07) is 6.20. The fourth-order valence-electron chi connectivity index (χ4n) is 2.33. The monoisotopic (exact) mass is 312 g/mol. The summed E-state index contributed by atoms with van der Waals surface area (Å²) in [6.07, 6.45) is 3.24. The Hall–Kier alpha value is -0.610. The topological polar surface area (TPSA) is 24.9 Å². The van der Waals surface area contributed by atoms with Crippen LogP contribution in [0, 0.1) is 0 Å². The summed E-state index contributed by atoms with van der Waals surface area (Å²) in [4.78, 5) is 4.72. The van der Waals surface area contributed by atoms with Gasteiger partial charge >= 0.3 is 0 Å². The Balaban J connectivity index is 1.74. The number of halogens is 2. The van der Waals surface area contributed by atoms with Crippen molar-refractivity contribution in [3.05, 3.63) is 49.9 Å². The highest BCUT2D eigenvalue weighted by Crippen LogP contribution is 2.27. The molecule has 1 aliphatic rings. The Morgan fingerprint density at radius 2 is 2.21 bits per heavy atom. The number of aromatic nitrogens is 1. The van der Waals surface area contributed by atoms with E-state index in [2.05, 4.69) is 10.7 Å². The second kappa shape index (κ2) is 5.80. The van der Waals surface area contributed by atoms with Gasteiger partial charge in [0.1, 0.15) is 0 Å². The van der Waals surface area contributed by atoms with E-state index in [9.17, 15) is 0 Å². The maximum Gasteiger partial charge on any atom is 0.0972 e. The quantitative estimate of drug-likeness (QED) is 0.904. The Morgan fingerprint density at radius 3 is 2.95 bits per heavy atom. The second-order valence-electron chi connectivity index (χ2n) is 4.74. The van der Waals surface area contributed by atoms with Gasteiger partial charge in [0.25, 0.3) is 0 Å². The lowest BCUT2D eigenvalue weighted by molar-refractivity contribution is 0.630. The molecule has 3 rings (SSSR count). The molecule has 0 amide bonds. The molecule has 0 radical (unpaired) electrons. The summed E-state index contributed by atoms with van der Waals surface area (Å²) in [5, 5.41) is 7.96. The zero-order valence-corrected chi connectivity index (χ0v) is 12.7. The Bertz CT molecular complexity index is 577. The Kier molecular flexibility index (Phi) is 4.08. The van der Waals surface area contributed by atoms with E-state index in [1.54, 1.807) is 11.3 Å². The lowest BCUT2D eigenvalue weighted by atomic mass is 10.1. The molecule has 1 atom stereocenters. The molecule has 1 unspecified atom stereocenters. The van der Waals surface area contributed by atoms with Crippen LogP contribution in [-0.4, -0.2) is 11.5 Å². The molecule has 19 heavy (non-hydrogen) atoms. The fraction of sp³-hybridized carbons (Fsp3) is 0.357. The predicted molar refractivity (Wildman–Crippen MR) is 81.4 cm³/mol. The number of nitrogens with one attached hydrogen (secondary N) is 1. The summed E-state index contributed by atoms with van der Waals surface area (Å²) in [6.45, 7) is 1.10. The molecule has 1 aliphatic heterocycles. The maximum atomic E-state index is 6.03. The van der Waals surface area contributed by atoms with E-state index in [1.165, 1.54) is 18.5 Å². The molecule has 100 valence electrons. The number of hydrogen-bond acceptors (Lipinski definition) is 3. The van der Waals surface area contributed by atoms with Crippen LogP contribution in [0.4, 0.5) is 0 Å². The SMILES string of the molecule is Clc1ccc(Cc2nc(C3CCCN3)cs2)cc1Cl. The van der Waals surface area contributed by atoms with Gasteiger partial charge in [-0.2, -0.15) is 0 Å². The van der Waals surface area contributed by atoms with Gasteiger partial charge in [0.15, 0.2) is 0 Å². The molecule has 0 saturated carbocycles. The van der Waals surface area contributed by atoms with Crippen LogP contribution in [0.15, 0.2) is 23.6 Å². The van der Waals surface area contributed by atoms with E-state index < -0.39 is 0 Å². The zero-order chi connectivity index (χ0) is 13.2. The van der Waals surface area contributed by atoms with Gasteiger partial charge in [0, 0.05) is 11.8 Å². The molecular weight excluding hydrogens is 299 g/mol. The molecule has 1 saturated heterocycles. The van der Waals surface area contributed by atoms with Gasteiger partial charge < -0.3 is 5.32 Å². The van der Waals surface area contributed by atoms with Gasteiger partial charge in [-0.3, -0.25) is 0 Å². The largest absolute Gasteiger partial charge is 0.309 e. The number of hydrogen-bond donors (Lipinski definition) is 1. The predicted octanol–water partition coefficient (Wildman–Crippen LogP) is 4.47. The molecule has 0 spiro atoms. The van der Waals surface area contributed by atoms with Crippen LogP contribution in [0.1, 0.15) is 35.1 Å². The molecule has 2 heterocycles. The minimum atomic E-state index is 0.443. The molecule has 5 heteroatoms. The first-order valence-corrected chi connectivity index (χ1v) is 7.97. The smallest absolute Gasteiger partial charge is 0.0972 e. The van der Waals surface area contributed by atoms with Crippen LogP contribution in [0.25, 0.3) is 0 Å². The zero-order valence-electron chi connectivity index (χ0n) is 10.3. The lowest BCUT2D eigenvalue weighted by Gasteiger charge is -2.05. The van der Waals surface area contributed by atoms with Gasteiger partial charge in [-0.25, -0.2) is 4.98 Å². The molecule has 0 aliphatic carbocycles. The summed E-state index contributed by atoms with van der Waals surface area (Å²) < 4.78 is 0. The van der Waals surface area contributed by atoms with E-state index in [1.807, 2.05) is 18.2 Å². The molecule has 2 nitrogen and oxygen atoms in total. The number of thiazole rings is 1. The maximum absolute atomic E-state index is 6.03. The number of nitrogens with zero attached hydrogens (tertiary/aromatic N) is 1. The molecule has 2 aromatic rings. The summed E-state index contributed by atoms with van der Waals surface area (Å²) in [5.74, 6) is 0. The van der Waals surface area contributed by atoms with Crippen molar-refractivity contribution < 1.29 is 0 Å². The lowest BCUT2D eigenvalue weighted by Crippen LogP contribution is -2.13. The molecule has 1 aromatic carbocycles. The highest BCUT2D eigenvalue weighted by atomic mass is 35.5. The van der Waals surface area contributed by atoms with E-state index in [0.29, 0.717) is 16.1 Å². The third-order valence-corrected chi connectivity index (χ3v) is 4.93. The van der Waals surface area contributed by atoms with Crippen molar-refractivity contribution in [1.29, 1.82) is 0 Å². The third-order valence-electron chi connectivity index (χ3n) is 3.33. The van der Waals surface area contributed by atoms with Crippen molar-refractivity contribution >= 4 is 34.5 Å². The normalized spacial score (nSPS) is 18.9. The summed E-state index contributed by atoms with van der Waals surface area (Å²) in [5.41, 5.74) is 2.33. The number of benzene rings is 1. The average molecular weight is 313 g/mol. The first-order chi connectivity index (χ1) is 9.22. The van der Waals surface area contributed by atoms with Crippen LogP contribution in [0.5, 0.6) is 0 Å². The van der Waals surface area contributed by atoms with E-state index >= 15 is 0 Å². The minimum absolute atomic E-state index is 0.443. The molecule has 0 bridgehead atoms. The Morgan fingerprint density at radius 1 is 1.32 bits per heavy atom. The van der Waals surface area contributed by atoms with Gasteiger partial charge in [0.05, 0.1) is 26.8 Å². The first-order valence-electron chi connectivity index (χ1n) is 6.34. The van der Waals surface area contributed by atoms with Gasteiger partial charge in [0.2, 0.25) is 0 Å². The third kappa shape index (κ3) is 3.11.